The van der Waals surface area contributed by atoms with Crippen LogP contribution in [-0.2, 0) is 9.59 Å². The molecule has 1 amide bonds. The smallest absolute Gasteiger partial charge is 0.326 e. The molecule has 21 heavy (non-hydrogen) atoms. The van der Waals surface area contributed by atoms with Crippen molar-refractivity contribution in [2.45, 2.75) is 36.6 Å². The van der Waals surface area contributed by atoms with Crippen molar-refractivity contribution in [2.24, 2.45) is 5.92 Å². The first-order valence-electron chi connectivity index (χ1n) is 6.97. The van der Waals surface area contributed by atoms with E-state index < -0.39 is 12.0 Å². The summed E-state index contributed by atoms with van der Waals surface area (Å²) in [4.78, 5) is 24.0. The molecule has 0 aromatic heterocycles. The van der Waals surface area contributed by atoms with E-state index in [0.29, 0.717) is 6.42 Å². The zero-order valence-corrected chi connectivity index (χ0v) is 14.0. The van der Waals surface area contributed by atoms with Gasteiger partial charge in [0, 0.05) is 15.8 Å². The minimum absolute atomic E-state index is 0.128. The number of hydrogen-bond donors (Lipinski definition) is 2. The Labute approximate surface area is 136 Å². The van der Waals surface area contributed by atoms with Gasteiger partial charge in [-0.1, -0.05) is 15.9 Å². The molecule has 2 N–H and O–H groups in total. The Morgan fingerprint density at radius 1 is 1.33 bits per heavy atom. The van der Waals surface area contributed by atoms with Crippen molar-refractivity contribution in [3.63, 3.8) is 0 Å². The Hall–Kier alpha value is -1.01. The summed E-state index contributed by atoms with van der Waals surface area (Å²) in [5.41, 5.74) is 0. The lowest BCUT2D eigenvalue weighted by atomic mass is 10.2. The van der Waals surface area contributed by atoms with Gasteiger partial charge in [-0.25, -0.2) is 4.79 Å². The average Bonchev–Trinajstić information content (AvgIpc) is 3.27. The van der Waals surface area contributed by atoms with Gasteiger partial charge in [-0.3, -0.25) is 4.79 Å². The first kappa shape index (κ1) is 16.4. The summed E-state index contributed by atoms with van der Waals surface area (Å²) in [6.45, 7) is 0. The first-order chi connectivity index (χ1) is 10.1. The van der Waals surface area contributed by atoms with Crippen molar-refractivity contribution in [3.05, 3.63) is 28.7 Å². The lowest BCUT2D eigenvalue weighted by Gasteiger charge is -2.13. The van der Waals surface area contributed by atoms with E-state index in [2.05, 4.69) is 21.2 Å². The molecule has 1 aromatic rings. The molecule has 1 aromatic carbocycles. The third-order valence-corrected chi connectivity index (χ3v) is 4.93. The number of carbonyl (C=O) groups excluding carboxylic acids is 1. The topological polar surface area (TPSA) is 66.4 Å². The number of nitrogens with one attached hydrogen (secondary N) is 1. The third-order valence-electron chi connectivity index (χ3n) is 3.31. The highest BCUT2D eigenvalue weighted by atomic mass is 79.9. The van der Waals surface area contributed by atoms with Crippen molar-refractivity contribution in [1.82, 2.24) is 5.32 Å². The monoisotopic (exact) mass is 371 g/mol. The maximum Gasteiger partial charge on any atom is 0.326 e. The van der Waals surface area contributed by atoms with Crippen LogP contribution in [0.5, 0.6) is 0 Å². The van der Waals surface area contributed by atoms with Crippen LogP contribution in [0.2, 0.25) is 0 Å². The molecule has 1 aliphatic rings. The van der Waals surface area contributed by atoms with Crippen LogP contribution in [0.25, 0.3) is 0 Å². The molecule has 6 heteroatoms. The maximum atomic E-state index is 11.8. The second-order valence-corrected chi connectivity index (χ2v) is 7.21. The summed E-state index contributed by atoms with van der Waals surface area (Å²) in [5.74, 6) is -0.111. The largest absolute Gasteiger partial charge is 0.480 e. The Morgan fingerprint density at radius 3 is 2.57 bits per heavy atom. The molecule has 114 valence electrons. The number of halogens is 1. The number of carbonyl (C=O) groups is 2. The molecule has 0 spiro atoms. The van der Waals surface area contributed by atoms with Crippen molar-refractivity contribution in [3.8, 4) is 0 Å². The van der Waals surface area contributed by atoms with Gasteiger partial charge in [0.1, 0.15) is 6.04 Å². The average molecular weight is 372 g/mol. The second kappa shape index (κ2) is 7.84. The van der Waals surface area contributed by atoms with Crippen LogP contribution in [0.4, 0.5) is 0 Å². The highest BCUT2D eigenvalue weighted by molar-refractivity contribution is 9.10. The molecule has 1 aliphatic carbocycles. The number of carboxylic acids is 1. The number of thioether (sulfide) groups is 1. The molecule has 2 rings (SSSR count). The highest BCUT2D eigenvalue weighted by Gasteiger charge is 2.37. The third kappa shape index (κ3) is 5.71. The molecule has 1 atom stereocenters. The fourth-order valence-corrected chi connectivity index (χ4v) is 3.13. The van der Waals surface area contributed by atoms with Gasteiger partial charge in [0.2, 0.25) is 5.91 Å². The van der Waals surface area contributed by atoms with Gasteiger partial charge in [0.15, 0.2) is 0 Å². The second-order valence-electron chi connectivity index (χ2n) is 5.13. The number of rotatable bonds is 8. The van der Waals surface area contributed by atoms with Gasteiger partial charge in [0.05, 0.1) is 0 Å². The minimum Gasteiger partial charge on any atom is -0.480 e. The van der Waals surface area contributed by atoms with Gasteiger partial charge in [-0.05, 0) is 55.2 Å². The van der Waals surface area contributed by atoms with Crippen LogP contribution in [0, 0.1) is 5.92 Å². The van der Waals surface area contributed by atoms with Crippen LogP contribution < -0.4 is 5.32 Å². The molecule has 0 saturated heterocycles. The number of aliphatic carboxylic acids is 1. The van der Waals surface area contributed by atoms with Crippen LogP contribution >= 0.6 is 27.7 Å². The molecular weight excluding hydrogens is 354 g/mol. The predicted molar refractivity (Wildman–Crippen MR) is 86.4 cm³/mol. The van der Waals surface area contributed by atoms with Gasteiger partial charge in [0.25, 0.3) is 0 Å². The normalized spacial score (nSPS) is 15.5. The SMILES string of the molecule is O=C(CCCSc1ccc(Br)cc1)NC(C(=O)O)C1CC1. The predicted octanol–water partition coefficient (Wildman–Crippen LogP) is 3.30. The summed E-state index contributed by atoms with van der Waals surface area (Å²) in [6, 6.07) is 7.34. The Bertz CT molecular complexity index is 502. The molecule has 1 unspecified atom stereocenters. The number of carboxylic acid groups (broad SMARTS) is 1. The summed E-state index contributed by atoms with van der Waals surface area (Å²) in [6.07, 6.45) is 2.91. The summed E-state index contributed by atoms with van der Waals surface area (Å²) in [5, 5.41) is 11.7. The molecule has 1 fully saturated rings. The van der Waals surface area contributed by atoms with Crippen molar-refractivity contribution in [2.75, 3.05) is 5.75 Å². The van der Waals surface area contributed by atoms with Gasteiger partial charge >= 0.3 is 5.97 Å². The van der Waals surface area contributed by atoms with E-state index in [0.717, 1.165) is 29.5 Å². The van der Waals surface area contributed by atoms with Crippen molar-refractivity contribution < 1.29 is 14.7 Å². The standard InChI is InChI=1S/C15H18BrNO3S/c16-11-5-7-12(8-6-11)21-9-1-2-13(18)17-14(15(19)20)10-3-4-10/h5-8,10,14H,1-4,9H2,(H,17,18)(H,19,20). The fourth-order valence-electron chi connectivity index (χ4n) is 2.01. The lowest BCUT2D eigenvalue weighted by Crippen LogP contribution is -2.42. The van der Waals surface area contributed by atoms with Crippen LogP contribution in [-0.4, -0.2) is 28.8 Å². The molecular formula is C15H18BrNO3S. The molecule has 0 radical (unpaired) electrons. The molecule has 4 nitrogen and oxygen atoms in total. The zero-order valence-electron chi connectivity index (χ0n) is 11.5. The van der Waals surface area contributed by atoms with E-state index in [1.165, 1.54) is 4.90 Å². The summed E-state index contributed by atoms with van der Waals surface area (Å²) in [7, 11) is 0. The van der Waals surface area contributed by atoms with Crippen LogP contribution in [0.15, 0.2) is 33.6 Å². The number of amides is 1. The quantitative estimate of drug-likeness (QED) is 0.543. The van der Waals surface area contributed by atoms with E-state index in [1.807, 2.05) is 24.3 Å². The van der Waals surface area contributed by atoms with E-state index in [9.17, 15) is 9.59 Å². The Balaban J connectivity index is 1.64. The molecule has 1 saturated carbocycles. The first-order valence-corrected chi connectivity index (χ1v) is 8.74. The van der Waals surface area contributed by atoms with E-state index >= 15 is 0 Å². The van der Waals surface area contributed by atoms with Crippen molar-refractivity contribution >= 4 is 39.6 Å². The number of hydrogen-bond acceptors (Lipinski definition) is 3. The summed E-state index contributed by atoms with van der Waals surface area (Å²) >= 11 is 5.09. The molecule has 0 heterocycles. The van der Waals surface area contributed by atoms with Gasteiger partial charge in [-0.2, -0.15) is 0 Å². The fraction of sp³-hybridized carbons (Fsp3) is 0.467. The van der Waals surface area contributed by atoms with Crippen molar-refractivity contribution in [1.29, 1.82) is 0 Å². The van der Waals surface area contributed by atoms with Gasteiger partial charge in [-0.15, -0.1) is 11.8 Å². The highest BCUT2D eigenvalue weighted by Crippen LogP contribution is 2.32. The Morgan fingerprint density at radius 2 is 2.00 bits per heavy atom. The van der Waals surface area contributed by atoms with E-state index in [-0.39, 0.29) is 11.8 Å². The van der Waals surface area contributed by atoms with E-state index in [4.69, 9.17) is 5.11 Å². The van der Waals surface area contributed by atoms with E-state index in [1.54, 1.807) is 11.8 Å². The van der Waals surface area contributed by atoms with Gasteiger partial charge < -0.3 is 10.4 Å². The van der Waals surface area contributed by atoms with Crippen LogP contribution in [0.1, 0.15) is 25.7 Å². The molecule has 0 bridgehead atoms. The molecule has 0 aliphatic heterocycles. The minimum atomic E-state index is -0.921. The zero-order chi connectivity index (χ0) is 15.2. The number of benzene rings is 1. The summed E-state index contributed by atoms with van der Waals surface area (Å²) < 4.78 is 1.05. The lowest BCUT2D eigenvalue weighted by molar-refractivity contribution is -0.142. The Kier molecular flexibility index (Phi) is 6.11. The maximum absolute atomic E-state index is 11.8. The van der Waals surface area contributed by atoms with Crippen LogP contribution in [0.3, 0.4) is 0 Å².